The summed E-state index contributed by atoms with van der Waals surface area (Å²) in [7, 11) is -1.99. The number of aromatic hydroxyl groups is 1. The second kappa shape index (κ2) is 11.9. The first kappa shape index (κ1) is 29.5. The highest BCUT2D eigenvalue weighted by Gasteiger charge is 2.41. The number of para-hydroxylation sites is 1. The molecule has 1 atom stereocenters. The molecule has 13 heteroatoms. The number of fused-ring (bicyclic) bond motifs is 2. The number of amides is 2. The number of nitrogens with one attached hydrogen (secondary N) is 1. The fraction of sp³-hybridized carbons (Fsp3) is 0.300. The molecule has 2 amide bonds. The van der Waals surface area contributed by atoms with Crippen LogP contribution in [0.25, 0.3) is 10.8 Å². The SMILES string of the molecule is CN1CCc2nc(C(=O)N3CCN(S(=O)(=O)c4ccc5cc(Cl)ccc5c4)CC3C(=O)NCc3ccccc3O)sc2C1. The highest BCUT2D eigenvalue weighted by atomic mass is 35.5. The fourth-order valence-electron chi connectivity index (χ4n) is 5.45. The molecule has 4 aromatic rings. The largest absolute Gasteiger partial charge is 0.508 e. The Morgan fingerprint density at radius 3 is 2.65 bits per heavy atom. The summed E-state index contributed by atoms with van der Waals surface area (Å²) in [4.78, 5) is 36.7. The number of aromatic nitrogens is 1. The van der Waals surface area contributed by atoms with E-state index in [1.54, 1.807) is 48.5 Å². The molecule has 3 aromatic carbocycles. The number of rotatable bonds is 6. The summed E-state index contributed by atoms with van der Waals surface area (Å²) in [6, 6.07) is 15.5. The van der Waals surface area contributed by atoms with E-state index in [4.69, 9.17) is 11.6 Å². The summed E-state index contributed by atoms with van der Waals surface area (Å²) < 4.78 is 28.9. The van der Waals surface area contributed by atoms with E-state index >= 15 is 0 Å². The number of phenols is 1. The van der Waals surface area contributed by atoms with E-state index in [0.29, 0.717) is 22.1 Å². The van der Waals surface area contributed by atoms with Crippen LogP contribution in [-0.2, 0) is 34.3 Å². The quantitative estimate of drug-likeness (QED) is 0.331. The van der Waals surface area contributed by atoms with Crippen LogP contribution >= 0.6 is 22.9 Å². The van der Waals surface area contributed by atoms with Gasteiger partial charge in [-0.3, -0.25) is 9.59 Å². The van der Waals surface area contributed by atoms with Crippen LogP contribution in [0.2, 0.25) is 5.02 Å². The topological polar surface area (TPSA) is 123 Å². The van der Waals surface area contributed by atoms with E-state index in [1.165, 1.54) is 32.7 Å². The Morgan fingerprint density at radius 2 is 1.84 bits per heavy atom. The molecule has 0 bridgehead atoms. The van der Waals surface area contributed by atoms with Gasteiger partial charge in [-0.2, -0.15) is 4.31 Å². The molecule has 0 aliphatic carbocycles. The third-order valence-electron chi connectivity index (χ3n) is 7.87. The average Bonchev–Trinajstić information content (AvgIpc) is 3.43. The molecule has 43 heavy (non-hydrogen) atoms. The zero-order valence-corrected chi connectivity index (χ0v) is 25.8. The lowest BCUT2D eigenvalue weighted by Gasteiger charge is -2.39. The molecule has 0 radical (unpaired) electrons. The van der Waals surface area contributed by atoms with Gasteiger partial charge in [-0.05, 0) is 48.2 Å². The number of carbonyl (C=O) groups is 2. The molecule has 1 unspecified atom stereocenters. The first-order valence-corrected chi connectivity index (χ1v) is 16.5. The van der Waals surface area contributed by atoms with Crippen LogP contribution < -0.4 is 5.32 Å². The van der Waals surface area contributed by atoms with Crippen molar-refractivity contribution in [2.45, 2.75) is 30.4 Å². The van der Waals surface area contributed by atoms with Crippen molar-refractivity contribution in [3.63, 3.8) is 0 Å². The van der Waals surface area contributed by atoms with Crippen molar-refractivity contribution in [2.75, 3.05) is 33.2 Å². The van der Waals surface area contributed by atoms with Crippen LogP contribution in [-0.4, -0.2) is 83.7 Å². The molecule has 1 saturated heterocycles. The lowest BCUT2D eigenvalue weighted by molar-refractivity contribution is -0.127. The lowest BCUT2D eigenvalue weighted by Crippen LogP contribution is -2.61. The minimum absolute atomic E-state index is 0.0140. The molecule has 1 fully saturated rings. The molecular formula is C30H30ClN5O5S2. The Bertz CT molecular complexity index is 1830. The standard InChI is InChI=1S/C30H30ClN5O5S2/c1-34-11-10-24-27(18-34)42-29(33-24)30(39)36-13-12-35(17-25(36)28(38)32-16-21-4-2-3-5-26(21)37)43(40,41)23-9-7-19-14-22(31)8-6-20(19)15-23/h2-9,14-15,25,37H,10-13,16-18H2,1H3,(H,32,38). The number of benzene rings is 3. The van der Waals surface area contributed by atoms with Crippen LogP contribution in [0.1, 0.15) is 25.9 Å². The Labute approximate surface area is 258 Å². The molecule has 224 valence electrons. The van der Waals surface area contributed by atoms with Gasteiger partial charge >= 0.3 is 0 Å². The van der Waals surface area contributed by atoms with Gasteiger partial charge in [0.05, 0.1) is 10.6 Å². The predicted molar refractivity (Wildman–Crippen MR) is 165 cm³/mol. The van der Waals surface area contributed by atoms with E-state index in [1.807, 2.05) is 7.05 Å². The molecule has 2 aliphatic rings. The number of nitrogens with zero attached hydrogens (tertiary/aromatic N) is 4. The number of phenolic OH excluding ortho intramolecular Hbond substituents is 1. The van der Waals surface area contributed by atoms with Gasteiger partial charge in [0.15, 0.2) is 5.01 Å². The molecule has 10 nitrogen and oxygen atoms in total. The van der Waals surface area contributed by atoms with Crippen molar-refractivity contribution in [1.82, 2.24) is 24.4 Å². The average molecular weight is 640 g/mol. The number of sulfonamides is 1. The van der Waals surface area contributed by atoms with Crippen molar-refractivity contribution < 1.29 is 23.1 Å². The molecule has 1 aromatic heterocycles. The molecule has 0 spiro atoms. The lowest BCUT2D eigenvalue weighted by atomic mass is 10.1. The van der Waals surface area contributed by atoms with Crippen molar-refractivity contribution in [3.8, 4) is 5.75 Å². The maximum atomic E-state index is 13.8. The second-order valence-corrected chi connectivity index (χ2v) is 14.2. The molecule has 2 N–H and O–H groups in total. The summed E-state index contributed by atoms with van der Waals surface area (Å²) >= 11 is 7.41. The van der Waals surface area contributed by atoms with Crippen LogP contribution in [0.5, 0.6) is 5.75 Å². The van der Waals surface area contributed by atoms with Gasteiger partial charge in [0, 0.05) is 61.2 Å². The van der Waals surface area contributed by atoms with Gasteiger partial charge in [-0.15, -0.1) is 11.3 Å². The summed E-state index contributed by atoms with van der Waals surface area (Å²) in [6.07, 6.45) is 0.740. The summed E-state index contributed by atoms with van der Waals surface area (Å²) in [5, 5.41) is 15.3. The van der Waals surface area contributed by atoms with E-state index in [9.17, 15) is 23.1 Å². The van der Waals surface area contributed by atoms with E-state index in [-0.39, 0.29) is 36.8 Å². The first-order valence-electron chi connectivity index (χ1n) is 13.8. The van der Waals surface area contributed by atoms with Crippen molar-refractivity contribution in [2.24, 2.45) is 0 Å². The van der Waals surface area contributed by atoms with Crippen LogP contribution in [0.4, 0.5) is 0 Å². The van der Waals surface area contributed by atoms with E-state index in [0.717, 1.165) is 34.3 Å². The maximum absolute atomic E-state index is 13.8. The van der Waals surface area contributed by atoms with Gasteiger partial charge < -0.3 is 20.2 Å². The number of hydrogen-bond acceptors (Lipinski definition) is 8. The van der Waals surface area contributed by atoms with Gasteiger partial charge in [-0.1, -0.05) is 41.9 Å². The number of thiazole rings is 1. The monoisotopic (exact) mass is 639 g/mol. The fourth-order valence-corrected chi connectivity index (χ4v) is 8.24. The second-order valence-electron chi connectivity index (χ2n) is 10.8. The van der Waals surface area contributed by atoms with Crippen molar-refractivity contribution in [1.29, 1.82) is 0 Å². The molecule has 2 aliphatic heterocycles. The minimum atomic E-state index is -4.00. The van der Waals surface area contributed by atoms with Gasteiger partial charge in [-0.25, -0.2) is 13.4 Å². The Hall–Kier alpha value is -3.55. The first-order chi connectivity index (χ1) is 20.6. The van der Waals surface area contributed by atoms with E-state index < -0.39 is 27.9 Å². The minimum Gasteiger partial charge on any atom is -0.508 e. The number of piperazine rings is 1. The Kier molecular flexibility index (Phi) is 8.14. The molecule has 0 saturated carbocycles. The predicted octanol–water partition coefficient (Wildman–Crippen LogP) is 3.47. The van der Waals surface area contributed by atoms with Crippen LogP contribution in [0.15, 0.2) is 65.6 Å². The number of carbonyl (C=O) groups excluding carboxylic acids is 2. The zero-order chi connectivity index (χ0) is 30.3. The summed E-state index contributed by atoms with van der Waals surface area (Å²) in [5.74, 6) is -0.894. The Balaban J connectivity index is 1.28. The summed E-state index contributed by atoms with van der Waals surface area (Å²) in [5.41, 5.74) is 1.40. The highest BCUT2D eigenvalue weighted by molar-refractivity contribution is 7.89. The Morgan fingerprint density at radius 1 is 1.07 bits per heavy atom. The van der Waals surface area contributed by atoms with Gasteiger partial charge in [0.1, 0.15) is 11.8 Å². The molecule has 6 rings (SSSR count). The smallest absolute Gasteiger partial charge is 0.283 e. The third kappa shape index (κ3) is 5.98. The van der Waals surface area contributed by atoms with Crippen LogP contribution in [0.3, 0.4) is 0 Å². The third-order valence-corrected chi connectivity index (χ3v) is 11.0. The van der Waals surface area contributed by atoms with Gasteiger partial charge in [0.25, 0.3) is 5.91 Å². The maximum Gasteiger partial charge on any atom is 0.283 e. The molecule has 3 heterocycles. The van der Waals surface area contributed by atoms with Crippen molar-refractivity contribution >= 4 is 55.5 Å². The number of likely N-dealkylation sites (N-methyl/N-ethyl adjacent to an activating group) is 1. The zero-order valence-electron chi connectivity index (χ0n) is 23.4. The van der Waals surface area contributed by atoms with Crippen LogP contribution in [0, 0.1) is 0 Å². The van der Waals surface area contributed by atoms with E-state index in [2.05, 4.69) is 15.2 Å². The highest BCUT2D eigenvalue weighted by Crippen LogP contribution is 2.29. The number of halogens is 1. The number of hydrogen-bond donors (Lipinski definition) is 2. The molecular weight excluding hydrogens is 610 g/mol. The summed E-state index contributed by atoms with van der Waals surface area (Å²) in [6.45, 7) is 1.37. The van der Waals surface area contributed by atoms with Crippen molar-refractivity contribution in [3.05, 3.63) is 86.8 Å². The van der Waals surface area contributed by atoms with Gasteiger partial charge in [0.2, 0.25) is 15.9 Å². The normalized spacial score (nSPS) is 18.0.